The minimum absolute atomic E-state index is 0.363. The van der Waals surface area contributed by atoms with Crippen LogP contribution in [0.5, 0.6) is 0 Å². The van der Waals surface area contributed by atoms with Crippen LogP contribution < -0.4 is 5.73 Å². The van der Waals surface area contributed by atoms with Gasteiger partial charge in [0, 0.05) is 0 Å². The number of ether oxygens (including phenoxy) is 1. The van der Waals surface area contributed by atoms with Crippen molar-refractivity contribution < 1.29 is 27.1 Å². The Bertz CT molecular complexity index is 428. The first kappa shape index (κ1) is 12.3. The average Bonchev–Trinajstić information content (AvgIpc) is 2.18. The van der Waals surface area contributed by atoms with E-state index >= 15 is 0 Å². The number of alkyl halides is 3. The summed E-state index contributed by atoms with van der Waals surface area (Å²) in [5, 5.41) is 0. The van der Waals surface area contributed by atoms with Crippen molar-refractivity contribution in [2.45, 2.75) is 6.18 Å². The SMILES string of the molecule is COC(=O)c1cc(F)c(N)cc1C(F)(F)F. The molecule has 1 rings (SSSR count). The molecule has 2 N–H and O–H groups in total. The first-order valence-corrected chi connectivity index (χ1v) is 4.02. The van der Waals surface area contributed by atoms with Gasteiger partial charge in [-0.05, 0) is 12.1 Å². The Kier molecular flexibility index (Phi) is 3.06. The first-order valence-electron chi connectivity index (χ1n) is 4.02. The van der Waals surface area contributed by atoms with E-state index in [0.717, 1.165) is 7.11 Å². The van der Waals surface area contributed by atoms with E-state index in [9.17, 15) is 22.4 Å². The van der Waals surface area contributed by atoms with E-state index in [1.807, 2.05) is 0 Å². The van der Waals surface area contributed by atoms with Gasteiger partial charge in [0.25, 0.3) is 0 Å². The van der Waals surface area contributed by atoms with Crippen LogP contribution in [0, 0.1) is 5.82 Å². The molecule has 0 unspecified atom stereocenters. The fourth-order valence-electron chi connectivity index (χ4n) is 1.10. The third-order valence-corrected chi connectivity index (χ3v) is 1.85. The first-order chi connectivity index (χ1) is 7.27. The minimum atomic E-state index is -4.80. The van der Waals surface area contributed by atoms with Gasteiger partial charge in [0.2, 0.25) is 0 Å². The van der Waals surface area contributed by atoms with Crippen LogP contribution in [0.4, 0.5) is 23.2 Å². The van der Waals surface area contributed by atoms with Crippen LogP contribution in [0.3, 0.4) is 0 Å². The van der Waals surface area contributed by atoms with E-state index < -0.39 is 34.8 Å². The van der Waals surface area contributed by atoms with Gasteiger partial charge in [0.15, 0.2) is 0 Å². The van der Waals surface area contributed by atoms with Crippen molar-refractivity contribution in [1.29, 1.82) is 0 Å². The summed E-state index contributed by atoms with van der Waals surface area (Å²) in [6.07, 6.45) is -4.80. The summed E-state index contributed by atoms with van der Waals surface area (Å²) in [6, 6.07) is 0.769. The van der Waals surface area contributed by atoms with Crippen molar-refractivity contribution in [3.8, 4) is 0 Å². The van der Waals surface area contributed by atoms with E-state index in [4.69, 9.17) is 5.73 Å². The highest BCUT2D eigenvalue weighted by Gasteiger charge is 2.36. The Morgan fingerprint density at radius 3 is 2.38 bits per heavy atom. The summed E-state index contributed by atoms with van der Waals surface area (Å²) < 4.78 is 54.5. The lowest BCUT2D eigenvalue weighted by Gasteiger charge is -2.12. The molecule has 1 aromatic rings. The van der Waals surface area contributed by atoms with Gasteiger partial charge < -0.3 is 10.5 Å². The molecule has 0 saturated carbocycles. The quantitative estimate of drug-likeness (QED) is 0.463. The summed E-state index contributed by atoms with van der Waals surface area (Å²) in [4.78, 5) is 11.0. The van der Waals surface area contributed by atoms with Crippen molar-refractivity contribution >= 4 is 11.7 Å². The number of rotatable bonds is 1. The maximum Gasteiger partial charge on any atom is 0.417 e. The van der Waals surface area contributed by atoms with Gasteiger partial charge in [-0.2, -0.15) is 13.2 Å². The van der Waals surface area contributed by atoms with E-state index in [0.29, 0.717) is 12.1 Å². The van der Waals surface area contributed by atoms with Crippen molar-refractivity contribution in [3.05, 3.63) is 29.1 Å². The van der Waals surface area contributed by atoms with Crippen LogP contribution in [-0.4, -0.2) is 13.1 Å². The molecule has 0 amide bonds. The Hall–Kier alpha value is -1.79. The molecule has 0 atom stereocenters. The second-order valence-electron chi connectivity index (χ2n) is 2.91. The summed E-state index contributed by atoms with van der Waals surface area (Å²) in [5.74, 6) is -2.38. The molecule has 0 bridgehead atoms. The lowest BCUT2D eigenvalue weighted by Crippen LogP contribution is -2.15. The predicted molar refractivity (Wildman–Crippen MR) is 47.2 cm³/mol. The minimum Gasteiger partial charge on any atom is -0.465 e. The molecule has 0 aliphatic rings. The standard InChI is InChI=1S/C9H7F4NO2/c1-16-8(15)4-2-6(10)7(14)3-5(4)9(11,12)13/h2-3H,14H2,1H3. The lowest BCUT2D eigenvalue weighted by atomic mass is 10.1. The molecular formula is C9H7F4NO2. The number of esters is 1. The molecule has 0 spiro atoms. The molecule has 1 aromatic carbocycles. The highest BCUT2D eigenvalue weighted by atomic mass is 19.4. The van der Waals surface area contributed by atoms with Crippen LogP contribution in [-0.2, 0) is 10.9 Å². The average molecular weight is 237 g/mol. The maximum absolute atomic E-state index is 12.9. The number of carbonyl (C=O) groups excluding carboxylic acids is 1. The van der Waals surface area contributed by atoms with Gasteiger partial charge in [0.1, 0.15) is 5.82 Å². The predicted octanol–water partition coefficient (Wildman–Crippen LogP) is 2.21. The Morgan fingerprint density at radius 1 is 1.38 bits per heavy atom. The second-order valence-corrected chi connectivity index (χ2v) is 2.91. The van der Waals surface area contributed by atoms with E-state index in [-0.39, 0.29) is 0 Å². The fourth-order valence-corrected chi connectivity index (χ4v) is 1.10. The van der Waals surface area contributed by atoms with Crippen LogP contribution in [0.1, 0.15) is 15.9 Å². The number of hydrogen-bond acceptors (Lipinski definition) is 3. The molecule has 0 heterocycles. The van der Waals surface area contributed by atoms with Crippen LogP contribution in [0.15, 0.2) is 12.1 Å². The number of benzene rings is 1. The monoisotopic (exact) mass is 237 g/mol. The van der Waals surface area contributed by atoms with Crippen molar-refractivity contribution in [2.24, 2.45) is 0 Å². The van der Waals surface area contributed by atoms with Crippen LogP contribution in [0.2, 0.25) is 0 Å². The van der Waals surface area contributed by atoms with E-state index in [1.54, 1.807) is 0 Å². The molecule has 0 saturated heterocycles. The zero-order chi connectivity index (χ0) is 12.5. The Morgan fingerprint density at radius 2 is 1.94 bits per heavy atom. The normalized spacial score (nSPS) is 11.3. The molecule has 88 valence electrons. The zero-order valence-electron chi connectivity index (χ0n) is 8.06. The molecule has 0 radical (unpaired) electrons. The van der Waals surface area contributed by atoms with Crippen LogP contribution >= 0.6 is 0 Å². The highest BCUT2D eigenvalue weighted by Crippen LogP contribution is 2.34. The van der Waals surface area contributed by atoms with E-state index in [1.165, 1.54) is 0 Å². The summed E-state index contributed by atoms with van der Waals surface area (Å²) in [7, 11) is 0.900. The largest absolute Gasteiger partial charge is 0.465 e. The second kappa shape index (κ2) is 3.99. The summed E-state index contributed by atoms with van der Waals surface area (Å²) in [5.41, 5.74) is 2.10. The molecule has 0 aromatic heterocycles. The Labute approximate surface area is 87.8 Å². The van der Waals surface area contributed by atoms with Crippen molar-refractivity contribution in [3.63, 3.8) is 0 Å². The van der Waals surface area contributed by atoms with Crippen molar-refractivity contribution in [1.82, 2.24) is 0 Å². The topological polar surface area (TPSA) is 52.3 Å². The number of methoxy groups -OCH3 is 1. The van der Waals surface area contributed by atoms with Gasteiger partial charge in [-0.25, -0.2) is 9.18 Å². The van der Waals surface area contributed by atoms with Gasteiger partial charge in [-0.3, -0.25) is 0 Å². The summed E-state index contributed by atoms with van der Waals surface area (Å²) >= 11 is 0. The molecular weight excluding hydrogens is 230 g/mol. The number of carbonyl (C=O) groups is 1. The van der Waals surface area contributed by atoms with Gasteiger partial charge in [-0.1, -0.05) is 0 Å². The molecule has 7 heteroatoms. The molecule has 0 aliphatic carbocycles. The third-order valence-electron chi connectivity index (χ3n) is 1.85. The van der Waals surface area contributed by atoms with Crippen molar-refractivity contribution in [2.75, 3.05) is 12.8 Å². The highest BCUT2D eigenvalue weighted by molar-refractivity contribution is 5.91. The third kappa shape index (κ3) is 2.23. The van der Waals surface area contributed by atoms with Crippen LogP contribution in [0.25, 0.3) is 0 Å². The molecule has 16 heavy (non-hydrogen) atoms. The molecule has 0 aliphatic heterocycles. The fraction of sp³-hybridized carbons (Fsp3) is 0.222. The number of halogens is 4. The zero-order valence-corrected chi connectivity index (χ0v) is 8.06. The smallest absolute Gasteiger partial charge is 0.417 e. The number of nitrogens with two attached hydrogens (primary N) is 1. The van der Waals surface area contributed by atoms with Gasteiger partial charge in [0.05, 0.1) is 23.9 Å². The van der Waals surface area contributed by atoms with Gasteiger partial charge >= 0.3 is 12.1 Å². The lowest BCUT2D eigenvalue weighted by molar-refractivity contribution is -0.138. The Balaban J connectivity index is 3.45. The number of hydrogen-bond donors (Lipinski definition) is 1. The number of nitrogen functional groups attached to an aromatic ring is 1. The maximum atomic E-state index is 12.9. The van der Waals surface area contributed by atoms with E-state index in [2.05, 4.69) is 4.74 Å². The molecule has 3 nitrogen and oxygen atoms in total. The number of anilines is 1. The molecule has 0 fully saturated rings. The van der Waals surface area contributed by atoms with Gasteiger partial charge in [-0.15, -0.1) is 0 Å². The summed E-state index contributed by atoms with van der Waals surface area (Å²) in [6.45, 7) is 0.